The number of halogens is 1. The first-order valence-corrected chi connectivity index (χ1v) is 8.72. The van der Waals surface area contributed by atoms with Crippen molar-refractivity contribution in [1.29, 1.82) is 0 Å². The van der Waals surface area contributed by atoms with E-state index in [1.54, 1.807) is 11.8 Å². The van der Waals surface area contributed by atoms with E-state index in [9.17, 15) is 0 Å². The maximum atomic E-state index is 6.23. The number of aliphatic imine (C=N–C) groups is 1. The van der Waals surface area contributed by atoms with Gasteiger partial charge in [-0.05, 0) is 35.4 Å². The minimum atomic E-state index is 0.243. The zero-order valence-corrected chi connectivity index (χ0v) is 13.9. The van der Waals surface area contributed by atoms with E-state index in [1.807, 2.05) is 42.5 Å². The minimum absolute atomic E-state index is 0.243. The Hall–Kier alpha value is -2.03. The highest BCUT2D eigenvalue weighted by Gasteiger charge is 2.30. The van der Waals surface area contributed by atoms with E-state index in [4.69, 9.17) is 16.6 Å². The molecule has 0 saturated carbocycles. The summed E-state index contributed by atoms with van der Waals surface area (Å²) in [7, 11) is 0. The average molecular weight is 336 g/mol. The van der Waals surface area contributed by atoms with E-state index >= 15 is 0 Å². The van der Waals surface area contributed by atoms with Crippen LogP contribution in [0.2, 0.25) is 5.02 Å². The van der Waals surface area contributed by atoms with Crippen LogP contribution in [0.4, 0.5) is 5.69 Å². The molecule has 3 aromatic rings. The fourth-order valence-corrected chi connectivity index (χ4v) is 4.26. The van der Waals surface area contributed by atoms with Gasteiger partial charge in [0.15, 0.2) is 0 Å². The van der Waals surface area contributed by atoms with Gasteiger partial charge in [0.25, 0.3) is 0 Å². The second kappa shape index (κ2) is 6.23. The Labute approximate surface area is 145 Å². The van der Waals surface area contributed by atoms with Gasteiger partial charge in [-0.15, -0.1) is 0 Å². The first-order chi connectivity index (χ1) is 11.3. The number of nitrogens with zero attached hydrogens (tertiary/aromatic N) is 1. The summed E-state index contributed by atoms with van der Waals surface area (Å²) in [6.07, 6.45) is 0. The summed E-state index contributed by atoms with van der Waals surface area (Å²) in [4.78, 5) is 4.84. The van der Waals surface area contributed by atoms with Crippen LogP contribution in [0.5, 0.6) is 0 Å². The molecule has 0 aromatic heterocycles. The van der Waals surface area contributed by atoms with E-state index < -0.39 is 0 Å². The molecule has 0 spiro atoms. The quantitative estimate of drug-likeness (QED) is 0.538. The molecule has 3 aromatic carbocycles. The highest BCUT2D eigenvalue weighted by Crippen LogP contribution is 2.47. The lowest BCUT2D eigenvalue weighted by molar-refractivity contribution is 1.17. The predicted molar refractivity (Wildman–Crippen MR) is 100.0 cm³/mol. The molecule has 3 heteroatoms. The van der Waals surface area contributed by atoms with E-state index in [-0.39, 0.29) is 5.25 Å². The van der Waals surface area contributed by atoms with Crippen LogP contribution < -0.4 is 0 Å². The Balaban J connectivity index is 1.82. The standard InChI is InChI=1S/C20H14ClNS/c21-15-11-12-17-18(13-15)19(14-7-3-1-4-8-14)23-20(17)22-16-9-5-2-6-10-16/h1-13,19H. The maximum absolute atomic E-state index is 6.23. The lowest BCUT2D eigenvalue weighted by Gasteiger charge is -2.10. The Morgan fingerprint density at radius 2 is 1.52 bits per heavy atom. The summed E-state index contributed by atoms with van der Waals surface area (Å²) < 4.78 is 0. The smallest absolute Gasteiger partial charge is 0.105 e. The Kier molecular flexibility index (Phi) is 3.94. The van der Waals surface area contributed by atoms with E-state index in [2.05, 4.69) is 36.4 Å². The van der Waals surface area contributed by atoms with Crippen molar-refractivity contribution in [3.63, 3.8) is 0 Å². The monoisotopic (exact) mass is 335 g/mol. The van der Waals surface area contributed by atoms with Gasteiger partial charge < -0.3 is 0 Å². The summed E-state index contributed by atoms with van der Waals surface area (Å²) >= 11 is 8.02. The minimum Gasteiger partial charge on any atom is -0.241 e. The van der Waals surface area contributed by atoms with Gasteiger partial charge in [-0.1, -0.05) is 78.0 Å². The largest absolute Gasteiger partial charge is 0.241 e. The van der Waals surface area contributed by atoms with Crippen LogP contribution >= 0.6 is 23.4 Å². The van der Waals surface area contributed by atoms with Crippen LogP contribution in [-0.4, -0.2) is 5.04 Å². The maximum Gasteiger partial charge on any atom is 0.105 e. The van der Waals surface area contributed by atoms with E-state index in [0.717, 1.165) is 15.8 Å². The third kappa shape index (κ3) is 2.92. The van der Waals surface area contributed by atoms with E-state index in [1.165, 1.54) is 16.7 Å². The molecule has 0 bridgehead atoms. The average Bonchev–Trinajstić information content (AvgIpc) is 2.94. The fraction of sp³-hybridized carbons (Fsp3) is 0.0500. The summed E-state index contributed by atoms with van der Waals surface area (Å²) in [5, 5.41) is 2.07. The second-order valence-corrected chi connectivity index (χ2v) is 6.92. The summed E-state index contributed by atoms with van der Waals surface area (Å²) in [5.41, 5.74) is 4.67. The molecule has 0 radical (unpaired) electrons. The number of rotatable bonds is 2. The molecular weight excluding hydrogens is 322 g/mol. The van der Waals surface area contributed by atoms with Crippen LogP contribution in [0.25, 0.3) is 0 Å². The van der Waals surface area contributed by atoms with Crippen molar-refractivity contribution in [3.05, 3.63) is 101 Å². The van der Waals surface area contributed by atoms with Gasteiger partial charge in [0.05, 0.1) is 10.9 Å². The highest BCUT2D eigenvalue weighted by atomic mass is 35.5. The number of hydrogen-bond acceptors (Lipinski definition) is 2. The van der Waals surface area contributed by atoms with Crippen molar-refractivity contribution in [2.24, 2.45) is 4.99 Å². The predicted octanol–water partition coefficient (Wildman–Crippen LogP) is 6.25. The SMILES string of the molecule is Clc1ccc2c(c1)C(c1ccccc1)SC2=Nc1ccccc1. The molecule has 4 rings (SSSR count). The molecular formula is C20H14ClNS. The number of para-hydroxylation sites is 1. The van der Waals surface area contributed by atoms with E-state index in [0.29, 0.717) is 0 Å². The lowest BCUT2D eigenvalue weighted by atomic mass is 10.00. The summed E-state index contributed by atoms with van der Waals surface area (Å²) in [6, 6.07) is 26.7. The molecule has 0 amide bonds. The summed E-state index contributed by atoms with van der Waals surface area (Å²) in [6.45, 7) is 0. The molecule has 23 heavy (non-hydrogen) atoms. The Bertz CT molecular complexity index is 859. The second-order valence-electron chi connectivity index (χ2n) is 5.39. The van der Waals surface area contributed by atoms with Crippen LogP contribution in [0.3, 0.4) is 0 Å². The van der Waals surface area contributed by atoms with Gasteiger partial charge >= 0.3 is 0 Å². The molecule has 0 N–H and O–H groups in total. The topological polar surface area (TPSA) is 12.4 Å². The van der Waals surface area contributed by atoms with Gasteiger partial charge in [0, 0.05) is 10.6 Å². The van der Waals surface area contributed by atoms with Crippen molar-refractivity contribution >= 4 is 34.1 Å². The third-order valence-corrected chi connectivity index (χ3v) is 5.38. The normalized spacial score (nSPS) is 18.1. The Morgan fingerprint density at radius 3 is 2.26 bits per heavy atom. The molecule has 1 atom stereocenters. The zero-order valence-electron chi connectivity index (χ0n) is 12.3. The molecule has 0 aliphatic carbocycles. The molecule has 0 fully saturated rings. The van der Waals surface area contributed by atoms with Crippen molar-refractivity contribution in [1.82, 2.24) is 0 Å². The fourth-order valence-electron chi connectivity index (χ4n) is 2.77. The van der Waals surface area contributed by atoms with Crippen LogP contribution in [0.15, 0.2) is 83.9 Å². The number of hydrogen-bond donors (Lipinski definition) is 0. The van der Waals surface area contributed by atoms with Gasteiger partial charge in [-0.25, -0.2) is 4.99 Å². The molecule has 1 aliphatic heterocycles. The molecule has 1 aliphatic rings. The zero-order chi connectivity index (χ0) is 15.6. The van der Waals surface area contributed by atoms with Crippen LogP contribution in [-0.2, 0) is 0 Å². The van der Waals surface area contributed by atoms with Crippen molar-refractivity contribution in [3.8, 4) is 0 Å². The van der Waals surface area contributed by atoms with Gasteiger partial charge in [-0.3, -0.25) is 0 Å². The Morgan fingerprint density at radius 1 is 0.826 bits per heavy atom. The molecule has 1 unspecified atom stereocenters. The van der Waals surface area contributed by atoms with Crippen molar-refractivity contribution in [2.75, 3.05) is 0 Å². The molecule has 1 heterocycles. The number of fused-ring (bicyclic) bond motifs is 1. The van der Waals surface area contributed by atoms with Gasteiger partial charge in [-0.2, -0.15) is 0 Å². The lowest BCUT2D eigenvalue weighted by Crippen LogP contribution is -1.92. The summed E-state index contributed by atoms with van der Waals surface area (Å²) in [5.74, 6) is 0. The molecule has 1 nitrogen and oxygen atoms in total. The number of benzene rings is 3. The first-order valence-electron chi connectivity index (χ1n) is 7.46. The van der Waals surface area contributed by atoms with Crippen molar-refractivity contribution in [2.45, 2.75) is 5.25 Å². The molecule has 0 saturated heterocycles. The first kappa shape index (κ1) is 14.6. The van der Waals surface area contributed by atoms with Gasteiger partial charge in [0.1, 0.15) is 5.04 Å². The van der Waals surface area contributed by atoms with Crippen LogP contribution in [0.1, 0.15) is 21.9 Å². The van der Waals surface area contributed by atoms with Crippen LogP contribution in [0, 0.1) is 0 Å². The van der Waals surface area contributed by atoms with Crippen molar-refractivity contribution < 1.29 is 0 Å². The number of thioether (sulfide) groups is 1. The third-order valence-electron chi connectivity index (χ3n) is 3.85. The highest BCUT2D eigenvalue weighted by molar-refractivity contribution is 8.15. The van der Waals surface area contributed by atoms with Gasteiger partial charge in [0.2, 0.25) is 0 Å². The molecule has 112 valence electrons.